The molecule has 2 aromatic carbocycles. The molecular weight excluding hydrogens is 418 g/mol. The summed E-state index contributed by atoms with van der Waals surface area (Å²) in [5.74, 6) is -2.12. The van der Waals surface area contributed by atoms with E-state index in [0.29, 0.717) is 22.7 Å². The predicted molar refractivity (Wildman–Crippen MR) is 115 cm³/mol. The van der Waals surface area contributed by atoms with Crippen molar-refractivity contribution in [3.8, 4) is 0 Å². The average Bonchev–Trinajstić information content (AvgIpc) is 3.03. The third-order valence-corrected chi connectivity index (χ3v) is 5.99. The Labute approximate surface area is 184 Å². The third kappa shape index (κ3) is 4.03. The van der Waals surface area contributed by atoms with E-state index in [0.717, 1.165) is 0 Å². The van der Waals surface area contributed by atoms with Crippen LogP contribution in [0.5, 0.6) is 0 Å². The van der Waals surface area contributed by atoms with Crippen LogP contribution in [0.1, 0.15) is 34.1 Å². The lowest BCUT2D eigenvalue weighted by Gasteiger charge is -2.22. The highest BCUT2D eigenvalue weighted by atomic mass is 35.5. The highest BCUT2D eigenvalue weighted by Crippen LogP contribution is 2.40. The third-order valence-electron chi connectivity index (χ3n) is 5.73. The summed E-state index contributed by atoms with van der Waals surface area (Å²) >= 11 is 5.80. The Hall–Kier alpha value is -3.25. The molecule has 0 N–H and O–H groups in total. The summed E-state index contributed by atoms with van der Waals surface area (Å²) in [7, 11) is 0. The maximum Gasteiger partial charge on any atom is 0.338 e. The molecule has 6 nitrogen and oxygen atoms in total. The Morgan fingerprint density at radius 2 is 1.65 bits per heavy atom. The zero-order valence-corrected chi connectivity index (χ0v) is 17.5. The molecule has 3 atom stereocenters. The summed E-state index contributed by atoms with van der Waals surface area (Å²) in [6.45, 7) is 1.53. The summed E-state index contributed by atoms with van der Waals surface area (Å²) < 4.78 is 5.10. The lowest BCUT2D eigenvalue weighted by Crippen LogP contribution is -2.31. The van der Waals surface area contributed by atoms with Crippen LogP contribution >= 0.6 is 11.6 Å². The number of halogens is 1. The monoisotopic (exact) mass is 437 g/mol. The SMILES string of the molecule is C[C@@H]1C=CC[C@@H]2C(=O)N(c3ccc(C(=O)OCC(=O)c4ccc(Cl)cc4)cc3)C(=O)[C@@H]12. The summed E-state index contributed by atoms with van der Waals surface area (Å²) in [4.78, 5) is 51.3. The number of benzene rings is 2. The van der Waals surface area contributed by atoms with Crippen LogP contribution in [0.25, 0.3) is 0 Å². The number of esters is 1. The molecule has 0 saturated carbocycles. The van der Waals surface area contributed by atoms with E-state index in [9.17, 15) is 19.2 Å². The highest BCUT2D eigenvalue weighted by Gasteiger charge is 2.50. The number of fused-ring (bicyclic) bond motifs is 1. The van der Waals surface area contributed by atoms with Gasteiger partial charge in [-0.3, -0.25) is 19.3 Å². The summed E-state index contributed by atoms with van der Waals surface area (Å²) in [5, 5.41) is 0.508. The van der Waals surface area contributed by atoms with E-state index in [1.165, 1.54) is 17.0 Å². The van der Waals surface area contributed by atoms with Crippen molar-refractivity contribution in [2.24, 2.45) is 17.8 Å². The van der Waals surface area contributed by atoms with Gasteiger partial charge in [0.25, 0.3) is 0 Å². The topological polar surface area (TPSA) is 80.8 Å². The Kier molecular flexibility index (Phi) is 5.74. The molecule has 0 unspecified atom stereocenters. The highest BCUT2D eigenvalue weighted by molar-refractivity contribution is 6.30. The van der Waals surface area contributed by atoms with Gasteiger partial charge in [0.1, 0.15) is 0 Å². The first-order valence-electron chi connectivity index (χ1n) is 9.97. The van der Waals surface area contributed by atoms with E-state index in [4.69, 9.17) is 16.3 Å². The molecule has 1 aliphatic carbocycles. The largest absolute Gasteiger partial charge is 0.454 e. The molecule has 7 heteroatoms. The van der Waals surface area contributed by atoms with Crippen LogP contribution in [0.3, 0.4) is 0 Å². The van der Waals surface area contributed by atoms with Gasteiger partial charge >= 0.3 is 5.97 Å². The van der Waals surface area contributed by atoms with Crippen LogP contribution in [-0.4, -0.2) is 30.2 Å². The van der Waals surface area contributed by atoms with E-state index in [1.54, 1.807) is 36.4 Å². The number of ether oxygens (including phenoxy) is 1. The maximum absolute atomic E-state index is 12.8. The summed E-state index contributed by atoms with van der Waals surface area (Å²) in [6.07, 6.45) is 4.48. The molecule has 31 heavy (non-hydrogen) atoms. The standard InChI is InChI=1S/C24H20ClNO5/c1-14-3-2-4-19-21(14)23(29)26(22(19)28)18-11-7-16(8-12-18)24(30)31-13-20(27)15-5-9-17(25)10-6-15/h2-3,5-12,14,19,21H,4,13H2,1H3/t14-,19+,21+/m1/s1. The molecule has 2 aliphatic rings. The van der Waals surface area contributed by atoms with Crippen molar-refractivity contribution in [2.45, 2.75) is 13.3 Å². The normalized spacial score (nSPS) is 22.4. The number of imide groups is 1. The predicted octanol–water partition coefficient (Wildman–Crippen LogP) is 4.08. The molecule has 2 amide bonds. The molecule has 0 spiro atoms. The zero-order valence-electron chi connectivity index (χ0n) is 16.8. The van der Waals surface area contributed by atoms with Gasteiger partial charge in [-0.1, -0.05) is 30.7 Å². The van der Waals surface area contributed by atoms with E-state index in [1.807, 2.05) is 19.1 Å². The second kappa shape index (κ2) is 8.47. The second-order valence-electron chi connectivity index (χ2n) is 7.72. The van der Waals surface area contributed by atoms with Crippen molar-refractivity contribution in [1.29, 1.82) is 0 Å². The summed E-state index contributed by atoms with van der Waals surface area (Å²) in [5.41, 5.74) is 1.04. The number of allylic oxidation sites excluding steroid dienone is 2. The van der Waals surface area contributed by atoms with Crippen molar-refractivity contribution < 1.29 is 23.9 Å². The quantitative estimate of drug-likeness (QED) is 0.305. The molecule has 0 radical (unpaired) electrons. The minimum absolute atomic E-state index is 0.00706. The first kappa shape index (κ1) is 21.0. The Morgan fingerprint density at radius 1 is 1.00 bits per heavy atom. The molecule has 0 bridgehead atoms. The van der Waals surface area contributed by atoms with Crippen LogP contribution in [-0.2, 0) is 14.3 Å². The van der Waals surface area contributed by atoms with Gasteiger partial charge in [-0.2, -0.15) is 0 Å². The Morgan fingerprint density at radius 3 is 2.29 bits per heavy atom. The van der Waals surface area contributed by atoms with Crippen LogP contribution in [0.2, 0.25) is 5.02 Å². The number of hydrogen-bond acceptors (Lipinski definition) is 5. The minimum Gasteiger partial charge on any atom is -0.454 e. The number of carbonyl (C=O) groups excluding carboxylic acids is 4. The fourth-order valence-electron chi connectivity index (χ4n) is 4.08. The lowest BCUT2D eigenvalue weighted by molar-refractivity contribution is -0.122. The number of rotatable bonds is 5. The van der Waals surface area contributed by atoms with Crippen LogP contribution < -0.4 is 4.90 Å². The van der Waals surface area contributed by atoms with Crippen LogP contribution in [0.15, 0.2) is 60.7 Å². The second-order valence-corrected chi connectivity index (χ2v) is 8.16. The smallest absolute Gasteiger partial charge is 0.338 e. The van der Waals surface area contributed by atoms with E-state index >= 15 is 0 Å². The Bertz CT molecular complexity index is 1070. The number of ketones is 1. The minimum atomic E-state index is -0.667. The number of hydrogen-bond donors (Lipinski definition) is 0. The first-order chi connectivity index (χ1) is 14.9. The van der Waals surface area contributed by atoms with Gasteiger partial charge in [0, 0.05) is 10.6 Å². The van der Waals surface area contributed by atoms with Gasteiger partial charge < -0.3 is 4.74 Å². The number of amides is 2. The zero-order chi connectivity index (χ0) is 22.1. The molecule has 0 aromatic heterocycles. The number of Topliss-reactive ketones (excluding diaryl/α,β-unsaturated/α-hetero) is 1. The van der Waals surface area contributed by atoms with E-state index < -0.39 is 12.6 Å². The number of nitrogens with zero attached hydrogens (tertiary/aromatic N) is 1. The molecule has 4 rings (SSSR count). The van der Waals surface area contributed by atoms with Gasteiger partial charge in [0.15, 0.2) is 12.4 Å². The van der Waals surface area contributed by atoms with Crippen LogP contribution in [0.4, 0.5) is 5.69 Å². The molecule has 1 fully saturated rings. The fourth-order valence-corrected chi connectivity index (χ4v) is 4.21. The van der Waals surface area contributed by atoms with Crippen LogP contribution in [0, 0.1) is 17.8 Å². The van der Waals surface area contributed by atoms with Gasteiger partial charge in [-0.15, -0.1) is 0 Å². The first-order valence-corrected chi connectivity index (χ1v) is 10.3. The van der Waals surface area contributed by atoms with Crippen molar-refractivity contribution in [3.05, 3.63) is 76.8 Å². The number of carbonyl (C=O) groups is 4. The van der Waals surface area contributed by atoms with Crippen molar-refractivity contribution in [3.63, 3.8) is 0 Å². The molecule has 1 aliphatic heterocycles. The molecule has 158 valence electrons. The van der Waals surface area contributed by atoms with Crippen molar-refractivity contribution in [2.75, 3.05) is 11.5 Å². The maximum atomic E-state index is 12.8. The summed E-state index contributed by atoms with van der Waals surface area (Å²) in [6, 6.07) is 12.3. The van der Waals surface area contributed by atoms with Gasteiger partial charge in [-0.05, 0) is 60.9 Å². The van der Waals surface area contributed by atoms with Gasteiger partial charge in [-0.25, -0.2) is 4.79 Å². The molecule has 1 heterocycles. The molecule has 1 saturated heterocycles. The average molecular weight is 438 g/mol. The fraction of sp³-hybridized carbons (Fsp3) is 0.250. The van der Waals surface area contributed by atoms with E-state index in [-0.39, 0.29) is 40.9 Å². The van der Waals surface area contributed by atoms with Crippen molar-refractivity contribution in [1.82, 2.24) is 0 Å². The van der Waals surface area contributed by atoms with Crippen molar-refractivity contribution >= 4 is 40.9 Å². The lowest BCUT2D eigenvalue weighted by atomic mass is 9.78. The molecule has 2 aromatic rings. The van der Waals surface area contributed by atoms with E-state index in [2.05, 4.69) is 0 Å². The number of anilines is 1. The van der Waals surface area contributed by atoms with Gasteiger partial charge in [0.05, 0.1) is 23.1 Å². The van der Waals surface area contributed by atoms with Gasteiger partial charge in [0.2, 0.25) is 11.8 Å². The Balaban J connectivity index is 1.41. The molecular formula is C24H20ClNO5.